The number of anilines is 2. The van der Waals surface area contributed by atoms with Crippen molar-refractivity contribution in [1.82, 2.24) is 10.2 Å². The molecule has 158 valence electrons. The molecule has 0 spiro atoms. The van der Waals surface area contributed by atoms with Gasteiger partial charge < -0.3 is 15.1 Å². The van der Waals surface area contributed by atoms with Crippen LogP contribution < -0.4 is 10.6 Å². The van der Waals surface area contributed by atoms with E-state index in [0.717, 1.165) is 43.0 Å². The van der Waals surface area contributed by atoms with E-state index in [4.69, 9.17) is 4.42 Å². The van der Waals surface area contributed by atoms with Crippen molar-refractivity contribution in [3.63, 3.8) is 0 Å². The molecule has 2 N–H and O–H groups in total. The topological polar surface area (TPSA) is 121 Å². The monoisotopic (exact) mass is 453 g/mol. The van der Waals surface area contributed by atoms with Crippen molar-refractivity contribution in [3.05, 3.63) is 40.3 Å². The largest absolute Gasteiger partial charge is 0.411 e. The first-order chi connectivity index (χ1) is 15.0. The molecule has 0 fully saturated rings. The first kappa shape index (κ1) is 21.1. The molecule has 8 nitrogen and oxygen atoms in total. The van der Waals surface area contributed by atoms with Crippen molar-refractivity contribution < 1.29 is 14.0 Å². The fourth-order valence-electron chi connectivity index (χ4n) is 3.38. The standard InChI is InChI=1S/C21H19N5O3S2/c1-12(27)23-14-6-4-5-13(9-14)19-25-26-21(29-19)30-11-18(28)24-20-16(10-22)15-7-2-3-8-17(15)31-20/h4-6,9H,2-3,7-8,11H2,1H3,(H,23,27)(H,24,28). The molecule has 1 aliphatic carbocycles. The summed E-state index contributed by atoms with van der Waals surface area (Å²) in [5.74, 6) is -0.0162. The van der Waals surface area contributed by atoms with Crippen molar-refractivity contribution in [1.29, 1.82) is 5.26 Å². The van der Waals surface area contributed by atoms with Gasteiger partial charge in [-0.3, -0.25) is 9.59 Å². The van der Waals surface area contributed by atoms with Crippen LogP contribution in [0.15, 0.2) is 33.9 Å². The highest BCUT2D eigenvalue weighted by Crippen LogP contribution is 2.37. The summed E-state index contributed by atoms with van der Waals surface area (Å²) in [7, 11) is 0. The number of carbonyl (C=O) groups excluding carboxylic acids is 2. The van der Waals surface area contributed by atoms with E-state index in [1.54, 1.807) is 24.3 Å². The zero-order chi connectivity index (χ0) is 21.8. The Morgan fingerprint density at radius 3 is 2.90 bits per heavy atom. The Hall–Kier alpha value is -3.16. The number of amides is 2. The molecule has 10 heteroatoms. The number of benzene rings is 1. The van der Waals surface area contributed by atoms with Gasteiger partial charge in [0.15, 0.2) is 0 Å². The predicted molar refractivity (Wildman–Crippen MR) is 119 cm³/mol. The van der Waals surface area contributed by atoms with E-state index in [-0.39, 0.29) is 22.8 Å². The number of thioether (sulfide) groups is 1. The molecule has 0 radical (unpaired) electrons. The fourth-order valence-corrected chi connectivity index (χ4v) is 5.20. The van der Waals surface area contributed by atoms with Crippen LogP contribution in [-0.2, 0) is 22.4 Å². The molecule has 0 saturated heterocycles. The van der Waals surface area contributed by atoms with E-state index in [1.807, 2.05) is 0 Å². The van der Waals surface area contributed by atoms with Crippen LogP contribution in [-0.4, -0.2) is 27.8 Å². The minimum Gasteiger partial charge on any atom is -0.411 e. The predicted octanol–water partition coefficient (Wildman–Crippen LogP) is 4.24. The van der Waals surface area contributed by atoms with Crippen LogP contribution in [0.2, 0.25) is 0 Å². The van der Waals surface area contributed by atoms with E-state index in [0.29, 0.717) is 27.7 Å². The van der Waals surface area contributed by atoms with E-state index < -0.39 is 0 Å². The van der Waals surface area contributed by atoms with Gasteiger partial charge in [-0.1, -0.05) is 17.8 Å². The number of thiophene rings is 1. The highest BCUT2D eigenvalue weighted by atomic mass is 32.2. The van der Waals surface area contributed by atoms with E-state index >= 15 is 0 Å². The average molecular weight is 454 g/mol. The number of hydrogen-bond donors (Lipinski definition) is 2. The van der Waals surface area contributed by atoms with Gasteiger partial charge in [0.05, 0.1) is 11.3 Å². The van der Waals surface area contributed by atoms with Gasteiger partial charge >= 0.3 is 0 Å². The van der Waals surface area contributed by atoms with Crippen LogP contribution >= 0.6 is 23.1 Å². The lowest BCUT2D eigenvalue weighted by Crippen LogP contribution is -2.14. The maximum absolute atomic E-state index is 12.4. The van der Waals surface area contributed by atoms with Gasteiger partial charge in [-0.25, -0.2) is 0 Å². The number of aromatic nitrogens is 2. The maximum atomic E-state index is 12.4. The van der Waals surface area contributed by atoms with Crippen LogP contribution in [0, 0.1) is 11.3 Å². The van der Waals surface area contributed by atoms with Gasteiger partial charge in [-0.05, 0) is 49.4 Å². The van der Waals surface area contributed by atoms with Crippen LogP contribution in [0.5, 0.6) is 0 Å². The van der Waals surface area contributed by atoms with Gasteiger partial charge in [0.25, 0.3) is 5.22 Å². The zero-order valence-corrected chi connectivity index (χ0v) is 18.4. The molecule has 0 aliphatic heterocycles. The Labute approximate surface area is 187 Å². The number of nitrogens with one attached hydrogen (secondary N) is 2. The molecule has 31 heavy (non-hydrogen) atoms. The summed E-state index contributed by atoms with van der Waals surface area (Å²) in [6.45, 7) is 1.43. The first-order valence-electron chi connectivity index (χ1n) is 9.72. The van der Waals surface area contributed by atoms with Gasteiger partial charge in [-0.15, -0.1) is 21.5 Å². The smallest absolute Gasteiger partial charge is 0.277 e. The molecule has 1 aliphatic rings. The molecule has 1 aromatic carbocycles. The summed E-state index contributed by atoms with van der Waals surface area (Å²) >= 11 is 2.62. The molecular weight excluding hydrogens is 434 g/mol. The number of hydrogen-bond acceptors (Lipinski definition) is 8. The number of nitrogens with zero attached hydrogens (tertiary/aromatic N) is 3. The highest BCUT2D eigenvalue weighted by Gasteiger charge is 2.22. The zero-order valence-electron chi connectivity index (χ0n) is 16.7. The summed E-state index contributed by atoms with van der Waals surface area (Å²) in [5.41, 5.74) is 2.98. The summed E-state index contributed by atoms with van der Waals surface area (Å²) < 4.78 is 5.64. The second-order valence-corrected chi connectivity index (χ2v) is 9.03. The minimum atomic E-state index is -0.229. The second kappa shape index (κ2) is 9.32. The van der Waals surface area contributed by atoms with Gasteiger partial charge in [0.1, 0.15) is 11.1 Å². The molecular formula is C21H19N5O3S2. The quantitative estimate of drug-likeness (QED) is 0.536. The van der Waals surface area contributed by atoms with Gasteiger partial charge in [0.2, 0.25) is 17.7 Å². The summed E-state index contributed by atoms with van der Waals surface area (Å²) in [6, 6.07) is 9.31. The van der Waals surface area contributed by atoms with Crippen molar-refractivity contribution in [2.24, 2.45) is 0 Å². The van der Waals surface area contributed by atoms with E-state index in [1.165, 1.54) is 23.1 Å². The minimum absolute atomic E-state index is 0.0843. The van der Waals surface area contributed by atoms with Gasteiger partial charge in [-0.2, -0.15) is 5.26 Å². The van der Waals surface area contributed by atoms with Crippen LogP contribution in [0.3, 0.4) is 0 Å². The third-order valence-electron chi connectivity index (χ3n) is 4.70. The Bertz CT molecular complexity index is 1180. The van der Waals surface area contributed by atoms with Crippen molar-refractivity contribution in [3.8, 4) is 17.5 Å². The molecule has 3 aromatic rings. The van der Waals surface area contributed by atoms with Gasteiger partial charge in [0, 0.05) is 23.1 Å². The summed E-state index contributed by atoms with van der Waals surface area (Å²) in [6.07, 6.45) is 4.06. The number of aryl methyl sites for hydroxylation is 1. The lowest BCUT2D eigenvalue weighted by Gasteiger charge is -2.09. The van der Waals surface area contributed by atoms with E-state index in [9.17, 15) is 14.9 Å². The maximum Gasteiger partial charge on any atom is 0.277 e. The molecule has 4 rings (SSSR count). The third-order valence-corrected chi connectivity index (χ3v) is 6.72. The van der Waals surface area contributed by atoms with Crippen molar-refractivity contribution >= 4 is 45.6 Å². The van der Waals surface area contributed by atoms with Crippen molar-refractivity contribution in [2.45, 2.75) is 37.8 Å². The average Bonchev–Trinajstić information content (AvgIpc) is 3.36. The Morgan fingerprint density at radius 2 is 2.10 bits per heavy atom. The van der Waals surface area contributed by atoms with E-state index in [2.05, 4.69) is 26.9 Å². The summed E-state index contributed by atoms with van der Waals surface area (Å²) in [5, 5.41) is 24.0. The number of nitriles is 1. The number of fused-ring (bicyclic) bond motifs is 1. The number of carbonyl (C=O) groups is 2. The SMILES string of the molecule is CC(=O)Nc1cccc(-c2nnc(SCC(=O)Nc3sc4c(c3C#N)CCCC4)o2)c1. The van der Waals surface area contributed by atoms with Crippen LogP contribution in [0.1, 0.15) is 35.8 Å². The van der Waals surface area contributed by atoms with Crippen LogP contribution in [0.4, 0.5) is 10.7 Å². The summed E-state index contributed by atoms with van der Waals surface area (Å²) in [4.78, 5) is 24.9. The molecule has 2 aromatic heterocycles. The Morgan fingerprint density at radius 1 is 1.26 bits per heavy atom. The molecule has 0 bridgehead atoms. The highest BCUT2D eigenvalue weighted by molar-refractivity contribution is 7.99. The fraction of sp³-hybridized carbons (Fsp3) is 0.286. The molecule has 0 unspecified atom stereocenters. The first-order valence-corrected chi connectivity index (χ1v) is 11.5. The molecule has 2 amide bonds. The second-order valence-electron chi connectivity index (χ2n) is 7.00. The molecule has 2 heterocycles. The third kappa shape index (κ3) is 4.95. The lowest BCUT2D eigenvalue weighted by atomic mass is 9.96. The number of rotatable bonds is 6. The molecule has 0 atom stereocenters. The Kier molecular flexibility index (Phi) is 6.34. The molecule has 0 saturated carbocycles. The lowest BCUT2D eigenvalue weighted by molar-refractivity contribution is -0.114. The normalized spacial score (nSPS) is 12.6. The van der Waals surface area contributed by atoms with Crippen molar-refractivity contribution in [2.75, 3.05) is 16.4 Å². The Balaban J connectivity index is 1.38. The van der Waals surface area contributed by atoms with Crippen LogP contribution in [0.25, 0.3) is 11.5 Å².